The summed E-state index contributed by atoms with van der Waals surface area (Å²) in [6.07, 6.45) is 7.78. The molecule has 1 unspecified atom stereocenters. The van der Waals surface area contributed by atoms with Crippen molar-refractivity contribution in [1.82, 2.24) is 10.2 Å². The fourth-order valence-electron chi connectivity index (χ4n) is 2.63. The number of unbranched alkanes of at least 4 members (excludes halogenated alkanes) is 3. The van der Waals surface area contributed by atoms with Crippen LogP contribution in [0.3, 0.4) is 0 Å². The Labute approximate surface area is 171 Å². The van der Waals surface area contributed by atoms with E-state index in [2.05, 4.69) is 49.8 Å². The highest BCUT2D eigenvalue weighted by Gasteiger charge is 2.09. The number of thiocarbonyl (C=S) groups is 1. The van der Waals surface area contributed by atoms with Gasteiger partial charge in [-0.25, -0.2) is 0 Å². The number of benzene rings is 1. The molecule has 0 aliphatic rings. The first kappa shape index (κ1) is 23.4. The van der Waals surface area contributed by atoms with Gasteiger partial charge in [0.1, 0.15) is 5.75 Å². The van der Waals surface area contributed by atoms with Gasteiger partial charge < -0.3 is 19.9 Å². The van der Waals surface area contributed by atoms with Crippen molar-refractivity contribution in [2.45, 2.75) is 52.0 Å². The predicted octanol–water partition coefficient (Wildman–Crippen LogP) is 4.85. The fourth-order valence-corrected chi connectivity index (χ4v) is 2.94. The Morgan fingerprint density at radius 1 is 1.19 bits per heavy atom. The van der Waals surface area contributed by atoms with Gasteiger partial charge in [-0.1, -0.05) is 25.8 Å². The molecule has 1 N–H and O–H groups in total. The maximum atomic E-state index is 5.86. The number of nitrogens with one attached hydrogen (secondary N) is 1. The zero-order chi connectivity index (χ0) is 20.1. The van der Waals surface area contributed by atoms with Crippen LogP contribution >= 0.6 is 12.2 Å². The molecule has 0 fully saturated rings. The molecule has 1 aromatic carbocycles. The highest BCUT2D eigenvalue weighted by atomic mass is 32.1. The molecule has 0 aliphatic carbocycles. The monoisotopic (exact) mass is 391 g/mol. The lowest BCUT2D eigenvalue weighted by atomic mass is 10.2. The van der Waals surface area contributed by atoms with Crippen LogP contribution in [0.1, 0.15) is 46.0 Å². The van der Waals surface area contributed by atoms with Gasteiger partial charge >= 0.3 is 0 Å². The van der Waals surface area contributed by atoms with Crippen molar-refractivity contribution in [2.24, 2.45) is 0 Å². The summed E-state index contributed by atoms with van der Waals surface area (Å²) in [6, 6.07) is 8.51. The molecule has 1 rings (SSSR count). The first-order chi connectivity index (χ1) is 13.0. The molecule has 0 saturated carbocycles. The van der Waals surface area contributed by atoms with Crippen LogP contribution in [0, 0.1) is 0 Å². The molecule has 5 heteroatoms. The lowest BCUT2D eigenvalue weighted by Crippen LogP contribution is -2.41. The van der Waals surface area contributed by atoms with Crippen molar-refractivity contribution in [3.05, 3.63) is 36.9 Å². The lowest BCUT2D eigenvalue weighted by Gasteiger charge is -2.24. The molecule has 0 saturated heterocycles. The first-order valence-corrected chi connectivity index (χ1v) is 10.4. The van der Waals surface area contributed by atoms with Crippen LogP contribution in [-0.2, 0) is 0 Å². The van der Waals surface area contributed by atoms with Crippen LogP contribution < -0.4 is 15.0 Å². The van der Waals surface area contributed by atoms with Crippen molar-refractivity contribution in [3.8, 4) is 5.75 Å². The average molecular weight is 392 g/mol. The Bertz CT molecular complexity index is 547. The highest BCUT2D eigenvalue weighted by Crippen LogP contribution is 2.19. The number of ether oxygens (including phenoxy) is 1. The highest BCUT2D eigenvalue weighted by molar-refractivity contribution is 7.80. The van der Waals surface area contributed by atoms with E-state index in [0.29, 0.717) is 6.04 Å². The molecule has 0 heterocycles. The number of likely N-dealkylation sites (N-methyl/N-ethyl adjacent to an activating group) is 1. The summed E-state index contributed by atoms with van der Waals surface area (Å²) in [6.45, 7) is 10.9. The molecule has 0 aliphatic heterocycles. The van der Waals surface area contributed by atoms with E-state index in [1.807, 2.05) is 30.2 Å². The third-order valence-corrected chi connectivity index (χ3v) is 5.05. The minimum Gasteiger partial charge on any atom is -0.494 e. The van der Waals surface area contributed by atoms with Crippen LogP contribution in [0.25, 0.3) is 0 Å². The second kappa shape index (κ2) is 13.6. The van der Waals surface area contributed by atoms with E-state index in [9.17, 15) is 0 Å². The SMILES string of the molecule is C=CCN(C)CCCCCCOc1ccc(N(C)C(=S)NC(C)CC)cc1. The third-order valence-electron chi connectivity index (χ3n) is 4.65. The Kier molecular flexibility index (Phi) is 11.8. The fraction of sp³-hybridized carbons (Fsp3) is 0.591. The van der Waals surface area contributed by atoms with Gasteiger partial charge in [0, 0.05) is 25.3 Å². The topological polar surface area (TPSA) is 27.7 Å². The molecular weight excluding hydrogens is 354 g/mol. The molecule has 152 valence electrons. The van der Waals surface area contributed by atoms with E-state index in [0.717, 1.165) is 49.1 Å². The lowest BCUT2D eigenvalue weighted by molar-refractivity contribution is 0.300. The molecular formula is C22H37N3OS. The molecule has 0 radical (unpaired) electrons. The molecule has 0 spiro atoms. The van der Waals surface area contributed by atoms with Crippen LogP contribution in [0.5, 0.6) is 5.75 Å². The largest absolute Gasteiger partial charge is 0.494 e. The predicted molar refractivity (Wildman–Crippen MR) is 122 cm³/mol. The van der Waals surface area contributed by atoms with Crippen molar-refractivity contribution in [3.63, 3.8) is 0 Å². The van der Waals surface area contributed by atoms with Gasteiger partial charge in [0.2, 0.25) is 0 Å². The summed E-state index contributed by atoms with van der Waals surface area (Å²) >= 11 is 5.46. The number of hydrogen-bond acceptors (Lipinski definition) is 3. The van der Waals surface area contributed by atoms with Crippen molar-refractivity contribution < 1.29 is 4.74 Å². The molecule has 0 aromatic heterocycles. The minimum atomic E-state index is 0.380. The Morgan fingerprint density at radius 3 is 2.48 bits per heavy atom. The summed E-state index contributed by atoms with van der Waals surface area (Å²) in [7, 11) is 4.12. The van der Waals surface area contributed by atoms with Gasteiger partial charge in [-0.2, -0.15) is 0 Å². The Morgan fingerprint density at radius 2 is 1.85 bits per heavy atom. The quantitative estimate of drug-likeness (QED) is 0.295. The average Bonchev–Trinajstić information content (AvgIpc) is 2.67. The van der Waals surface area contributed by atoms with E-state index < -0.39 is 0 Å². The van der Waals surface area contributed by atoms with Gasteiger partial charge in [-0.3, -0.25) is 0 Å². The van der Waals surface area contributed by atoms with E-state index >= 15 is 0 Å². The maximum Gasteiger partial charge on any atom is 0.173 e. The van der Waals surface area contributed by atoms with E-state index in [1.54, 1.807) is 0 Å². The first-order valence-electron chi connectivity index (χ1n) is 10.0. The van der Waals surface area contributed by atoms with Crippen LogP contribution in [-0.4, -0.2) is 49.8 Å². The zero-order valence-electron chi connectivity index (χ0n) is 17.5. The molecule has 4 nitrogen and oxygen atoms in total. The second-order valence-electron chi connectivity index (χ2n) is 7.13. The van der Waals surface area contributed by atoms with Crippen LogP contribution in [0.2, 0.25) is 0 Å². The van der Waals surface area contributed by atoms with Gasteiger partial charge in [-0.15, -0.1) is 6.58 Å². The Balaban J connectivity index is 2.24. The maximum absolute atomic E-state index is 5.86. The third kappa shape index (κ3) is 9.78. The van der Waals surface area contributed by atoms with Crippen LogP contribution in [0.15, 0.2) is 36.9 Å². The van der Waals surface area contributed by atoms with E-state index in [4.69, 9.17) is 17.0 Å². The number of nitrogens with zero attached hydrogens (tertiary/aromatic N) is 2. The molecule has 27 heavy (non-hydrogen) atoms. The Hall–Kier alpha value is -1.59. The summed E-state index contributed by atoms with van der Waals surface area (Å²) in [5.41, 5.74) is 1.06. The number of anilines is 1. The number of rotatable bonds is 13. The second-order valence-corrected chi connectivity index (χ2v) is 7.51. The van der Waals surface area contributed by atoms with Crippen LogP contribution in [0.4, 0.5) is 5.69 Å². The van der Waals surface area contributed by atoms with Gasteiger partial charge in [-0.05, 0) is 76.3 Å². The molecule has 0 bridgehead atoms. The van der Waals surface area contributed by atoms with E-state index in [1.165, 1.54) is 19.3 Å². The summed E-state index contributed by atoms with van der Waals surface area (Å²) < 4.78 is 5.86. The van der Waals surface area contributed by atoms with Crippen molar-refractivity contribution in [1.29, 1.82) is 0 Å². The standard InChI is InChI=1S/C22H37N3OS/c1-6-16-24(4)17-10-8-9-11-18-26-21-14-12-20(13-15-21)25(5)22(27)23-19(3)7-2/h6,12-15,19H,1,7-11,16-18H2,2-5H3,(H,23,27). The van der Waals surface area contributed by atoms with Gasteiger partial charge in [0.25, 0.3) is 0 Å². The smallest absolute Gasteiger partial charge is 0.173 e. The molecule has 1 aromatic rings. The normalized spacial score (nSPS) is 11.9. The summed E-state index contributed by atoms with van der Waals surface area (Å²) in [5, 5.41) is 4.08. The van der Waals surface area contributed by atoms with Gasteiger partial charge in [0.15, 0.2) is 5.11 Å². The summed E-state index contributed by atoms with van der Waals surface area (Å²) in [4.78, 5) is 4.29. The number of hydrogen-bond donors (Lipinski definition) is 1. The molecule has 0 amide bonds. The zero-order valence-corrected chi connectivity index (χ0v) is 18.4. The summed E-state index contributed by atoms with van der Waals surface area (Å²) in [5.74, 6) is 0.915. The van der Waals surface area contributed by atoms with Crippen molar-refractivity contribution in [2.75, 3.05) is 38.7 Å². The van der Waals surface area contributed by atoms with E-state index in [-0.39, 0.29) is 0 Å². The van der Waals surface area contributed by atoms with Gasteiger partial charge in [0.05, 0.1) is 6.61 Å². The minimum absolute atomic E-state index is 0.380. The van der Waals surface area contributed by atoms with Crippen molar-refractivity contribution >= 4 is 23.0 Å². The molecule has 1 atom stereocenters.